The van der Waals surface area contributed by atoms with Crippen molar-refractivity contribution in [2.45, 2.75) is 0 Å². The SMILES string of the molecule is CNCC(=O)c1cc(OC)c(N(C)C)cc1OC. The van der Waals surface area contributed by atoms with Crippen LogP contribution in [-0.4, -0.2) is 47.7 Å². The summed E-state index contributed by atoms with van der Waals surface area (Å²) in [6.45, 7) is 0.265. The van der Waals surface area contributed by atoms with E-state index in [0.29, 0.717) is 17.1 Å². The minimum absolute atomic E-state index is 0.0297. The molecule has 0 saturated heterocycles. The van der Waals surface area contributed by atoms with E-state index in [4.69, 9.17) is 9.47 Å². The number of ether oxygens (including phenoxy) is 2. The number of hydrogen-bond acceptors (Lipinski definition) is 5. The van der Waals surface area contributed by atoms with Gasteiger partial charge in [0.15, 0.2) is 5.78 Å². The van der Waals surface area contributed by atoms with Gasteiger partial charge in [0.2, 0.25) is 0 Å². The van der Waals surface area contributed by atoms with Gasteiger partial charge in [0.25, 0.3) is 0 Å². The minimum Gasteiger partial charge on any atom is -0.496 e. The Kier molecular flexibility index (Phi) is 4.97. The molecule has 1 aromatic carbocycles. The second-order valence-corrected chi connectivity index (χ2v) is 4.07. The van der Waals surface area contributed by atoms with Crippen molar-refractivity contribution >= 4 is 11.5 Å². The van der Waals surface area contributed by atoms with Crippen molar-refractivity contribution in [3.63, 3.8) is 0 Å². The monoisotopic (exact) mass is 252 g/mol. The summed E-state index contributed by atoms with van der Waals surface area (Å²) in [5, 5.41) is 2.84. The maximum atomic E-state index is 12.0. The summed E-state index contributed by atoms with van der Waals surface area (Å²) in [7, 11) is 8.69. The Morgan fingerprint density at radius 1 is 1.22 bits per heavy atom. The lowest BCUT2D eigenvalue weighted by molar-refractivity contribution is 0.0990. The van der Waals surface area contributed by atoms with Crippen molar-refractivity contribution in [1.29, 1.82) is 0 Å². The number of hydrogen-bond donors (Lipinski definition) is 1. The zero-order valence-electron chi connectivity index (χ0n) is 11.5. The van der Waals surface area contributed by atoms with Crippen molar-refractivity contribution in [3.8, 4) is 11.5 Å². The van der Waals surface area contributed by atoms with Gasteiger partial charge in [-0.05, 0) is 13.1 Å². The number of rotatable bonds is 6. The highest BCUT2D eigenvalue weighted by molar-refractivity contribution is 6.01. The van der Waals surface area contributed by atoms with E-state index in [9.17, 15) is 4.79 Å². The fraction of sp³-hybridized carbons (Fsp3) is 0.462. The van der Waals surface area contributed by atoms with Crippen LogP contribution < -0.4 is 19.7 Å². The van der Waals surface area contributed by atoms with Crippen LogP contribution in [0.15, 0.2) is 12.1 Å². The first kappa shape index (κ1) is 14.3. The van der Waals surface area contributed by atoms with E-state index in [2.05, 4.69) is 5.32 Å². The largest absolute Gasteiger partial charge is 0.496 e. The zero-order valence-corrected chi connectivity index (χ0v) is 11.5. The maximum Gasteiger partial charge on any atom is 0.180 e. The zero-order chi connectivity index (χ0) is 13.7. The van der Waals surface area contributed by atoms with E-state index in [-0.39, 0.29) is 12.3 Å². The minimum atomic E-state index is -0.0297. The highest BCUT2D eigenvalue weighted by atomic mass is 16.5. The second kappa shape index (κ2) is 6.26. The standard InChI is InChI=1S/C13H20N2O3/c1-14-8-11(16)9-6-13(18-5)10(15(2)3)7-12(9)17-4/h6-7,14H,8H2,1-5H3. The van der Waals surface area contributed by atoms with Crippen molar-refractivity contribution < 1.29 is 14.3 Å². The molecule has 0 spiro atoms. The third kappa shape index (κ3) is 2.92. The third-order valence-electron chi connectivity index (χ3n) is 2.62. The van der Waals surface area contributed by atoms with Gasteiger partial charge in [-0.1, -0.05) is 0 Å². The van der Waals surface area contributed by atoms with Gasteiger partial charge in [0.1, 0.15) is 11.5 Å². The summed E-state index contributed by atoms with van der Waals surface area (Å²) in [5.41, 5.74) is 1.39. The maximum absolute atomic E-state index is 12.0. The molecule has 0 saturated carbocycles. The van der Waals surface area contributed by atoms with Crippen molar-refractivity contribution in [2.24, 2.45) is 0 Å². The summed E-state index contributed by atoms with van der Waals surface area (Å²) in [5.74, 6) is 1.18. The summed E-state index contributed by atoms with van der Waals surface area (Å²) in [6, 6.07) is 3.52. The molecule has 1 aromatic rings. The number of nitrogens with one attached hydrogen (secondary N) is 1. The predicted octanol–water partition coefficient (Wildman–Crippen LogP) is 1.17. The molecule has 5 nitrogen and oxygen atoms in total. The van der Waals surface area contributed by atoms with Crippen LogP contribution >= 0.6 is 0 Å². The lowest BCUT2D eigenvalue weighted by Crippen LogP contribution is -2.20. The molecule has 0 fully saturated rings. The van der Waals surface area contributed by atoms with Crippen LogP contribution in [0.25, 0.3) is 0 Å². The van der Waals surface area contributed by atoms with E-state index in [0.717, 1.165) is 5.69 Å². The Morgan fingerprint density at radius 2 is 1.83 bits per heavy atom. The quantitative estimate of drug-likeness (QED) is 0.770. The molecule has 1 N–H and O–H groups in total. The van der Waals surface area contributed by atoms with Crippen LogP contribution in [0.4, 0.5) is 5.69 Å². The van der Waals surface area contributed by atoms with Gasteiger partial charge in [-0.25, -0.2) is 0 Å². The number of likely N-dealkylation sites (N-methyl/N-ethyl adjacent to an activating group) is 1. The Bertz CT molecular complexity index is 430. The summed E-state index contributed by atoms with van der Waals surface area (Å²) in [4.78, 5) is 13.9. The number of methoxy groups -OCH3 is 2. The number of ketones is 1. The Hall–Kier alpha value is -1.75. The van der Waals surface area contributed by atoms with Gasteiger partial charge in [-0.2, -0.15) is 0 Å². The topological polar surface area (TPSA) is 50.8 Å². The molecular formula is C13H20N2O3. The third-order valence-corrected chi connectivity index (χ3v) is 2.62. The Labute approximate surface area is 108 Å². The molecule has 0 atom stereocenters. The molecule has 1 rings (SSSR count). The van der Waals surface area contributed by atoms with Gasteiger partial charge >= 0.3 is 0 Å². The van der Waals surface area contributed by atoms with Crippen molar-refractivity contribution in [1.82, 2.24) is 5.32 Å². The number of carbonyl (C=O) groups is 1. The van der Waals surface area contributed by atoms with Crippen LogP contribution in [0, 0.1) is 0 Å². The number of carbonyl (C=O) groups excluding carboxylic acids is 1. The summed E-state index contributed by atoms with van der Waals surface area (Å²) < 4.78 is 10.6. The lowest BCUT2D eigenvalue weighted by Gasteiger charge is -2.19. The predicted molar refractivity (Wildman–Crippen MR) is 72.1 cm³/mol. The van der Waals surface area contributed by atoms with Crippen LogP contribution in [-0.2, 0) is 0 Å². The molecule has 0 amide bonds. The van der Waals surface area contributed by atoms with E-state index in [1.807, 2.05) is 25.1 Å². The first-order valence-corrected chi connectivity index (χ1v) is 5.66. The second-order valence-electron chi connectivity index (χ2n) is 4.07. The van der Waals surface area contributed by atoms with E-state index >= 15 is 0 Å². The average molecular weight is 252 g/mol. The molecule has 0 aromatic heterocycles. The van der Waals surface area contributed by atoms with Crippen molar-refractivity contribution in [3.05, 3.63) is 17.7 Å². The molecule has 0 bridgehead atoms. The molecular weight excluding hydrogens is 232 g/mol. The summed E-state index contributed by atoms with van der Waals surface area (Å²) in [6.07, 6.45) is 0. The molecule has 100 valence electrons. The van der Waals surface area contributed by atoms with Gasteiger partial charge in [0.05, 0.1) is 32.0 Å². The van der Waals surface area contributed by atoms with E-state index < -0.39 is 0 Å². The molecule has 18 heavy (non-hydrogen) atoms. The Morgan fingerprint density at radius 3 is 2.28 bits per heavy atom. The first-order valence-electron chi connectivity index (χ1n) is 5.66. The highest BCUT2D eigenvalue weighted by Gasteiger charge is 2.17. The van der Waals surface area contributed by atoms with Crippen molar-refractivity contribution in [2.75, 3.05) is 46.8 Å². The van der Waals surface area contributed by atoms with Gasteiger partial charge in [-0.15, -0.1) is 0 Å². The molecule has 0 unspecified atom stereocenters. The van der Waals surface area contributed by atoms with Crippen LogP contribution in [0.2, 0.25) is 0 Å². The van der Waals surface area contributed by atoms with Gasteiger partial charge in [-0.3, -0.25) is 4.79 Å². The smallest absolute Gasteiger partial charge is 0.180 e. The molecule has 0 aliphatic rings. The van der Waals surface area contributed by atoms with E-state index in [1.54, 1.807) is 27.3 Å². The fourth-order valence-electron chi connectivity index (χ4n) is 1.70. The average Bonchev–Trinajstić information content (AvgIpc) is 2.37. The number of anilines is 1. The van der Waals surface area contributed by atoms with Gasteiger partial charge in [0, 0.05) is 20.2 Å². The Balaban J connectivity index is 3.30. The normalized spacial score (nSPS) is 10.1. The molecule has 0 aliphatic carbocycles. The van der Waals surface area contributed by atoms with Gasteiger partial charge < -0.3 is 19.7 Å². The molecule has 5 heteroatoms. The molecule has 0 heterocycles. The molecule has 0 radical (unpaired) electrons. The molecule has 0 aliphatic heterocycles. The fourth-order valence-corrected chi connectivity index (χ4v) is 1.70. The summed E-state index contributed by atoms with van der Waals surface area (Å²) >= 11 is 0. The number of benzene rings is 1. The lowest BCUT2D eigenvalue weighted by atomic mass is 10.1. The first-order chi connectivity index (χ1) is 8.54. The van der Waals surface area contributed by atoms with E-state index in [1.165, 1.54) is 0 Å². The highest BCUT2D eigenvalue weighted by Crippen LogP contribution is 2.34. The van der Waals surface area contributed by atoms with Crippen LogP contribution in [0.5, 0.6) is 11.5 Å². The van der Waals surface area contributed by atoms with Crippen LogP contribution in [0.3, 0.4) is 0 Å². The number of Topliss-reactive ketones (excluding diaryl/α,β-unsaturated/α-hetero) is 1. The van der Waals surface area contributed by atoms with Crippen LogP contribution in [0.1, 0.15) is 10.4 Å². The number of nitrogens with zero attached hydrogens (tertiary/aromatic N) is 1.